The van der Waals surface area contributed by atoms with Crippen molar-refractivity contribution < 1.29 is 9.90 Å². The fraction of sp³-hybridized carbons (Fsp3) is 0.409. The number of likely N-dealkylation sites (tertiary alicyclic amines) is 1. The molecule has 4 heteroatoms. The van der Waals surface area contributed by atoms with Crippen molar-refractivity contribution in [2.24, 2.45) is 0 Å². The van der Waals surface area contributed by atoms with Crippen molar-refractivity contribution in [1.82, 2.24) is 10.2 Å². The van der Waals surface area contributed by atoms with Gasteiger partial charge in [-0.3, -0.25) is 0 Å². The van der Waals surface area contributed by atoms with E-state index >= 15 is 0 Å². The van der Waals surface area contributed by atoms with Gasteiger partial charge in [0.25, 0.3) is 0 Å². The molecule has 4 nitrogen and oxygen atoms in total. The predicted molar refractivity (Wildman–Crippen MR) is 104 cm³/mol. The van der Waals surface area contributed by atoms with E-state index in [2.05, 4.69) is 41.7 Å². The molecule has 26 heavy (non-hydrogen) atoms. The summed E-state index contributed by atoms with van der Waals surface area (Å²) in [4.78, 5) is 14.4. The van der Waals surface area contributed by atoms with Crippen LogP contribution in [0.1, 0.15) is 43.4 Å². The summed E-state index contributed by atoms with van der Waals surface area (Å²) in [5, 5.41) is 13.3. The van der Waals surface area contributed by atoms with Crippen molar-refractivity contribution in [2.75, 3.05) is 13.1 Å². The maximum absolute atomic E-state index is 12.7. The van der Waals surface area contributed by atoms with E-state index in [9.17, 15) is 9.90 Å². The molecule has 2 aromatic rings. The summed E-state index contributed by atoms with van der Waals surface area (Å²) in [6, 6.07) is 20.5. The molecule has 3 rings (SSSR count). The average Bonchev–Trinajstić information content (AvgIpc) is 3.02. The molecule has 1 saturated heterocycles. The first-order valence-corrected chi connectivity index (χ1v) is 9.40. The number of carbonyl (C=O) groups excluding carboxylic acids is 1. The number of nitrogens with zero attached hydrogens (tertiary/aromatic N) is 1. The van der Waals surface area contributed by atoms with Crippen LogP contribution in [0.25, 0.3) is 0 Å². The molecular weight excluding hydrogens is 324 g/mol. The normalized spacial score (nSPS) is 20.8. The van der Waals surface area contributed by atoms with Gasteiger partial charge in [-0.2, -0.15) is 0 Å². The van der Waals surface area contributed by atoms with Crippen LogP contribution in [0.5, 0.6) is 0 Å². The van der Waals surface area contributed by atoms with Crippen molar-refractivity contribution in [3.8, 4) is 0 Å². The second-order valence-electron chi connectivity index (χ2n) is 7.46. The van der Waals surface area contributed by atoms with Crippen molar-refractivity contribution >= 4 is 6.03 Å². The highest BCUT2D eigenvalue weighted by atomic mass is 16.3. The summed E-state index contributed by atoms with van der Waals surface area (Å²) in [6.45, 7) is 2.78. The van der Waals surface area contributed by atoms with Crippen molar-refractivity contribution in [2.45, 2.75) is 44.2 Å². The Morgan fingerprint density at radius 3 is 2.42 bits per heavy atom. The van der Waals surface area contributed by atoms with Gasteiger partial charge < -0.3 is 15.3 Å². The molecule has 0 aromatic heterocycles. The third-order valence-electron chi connectivity index (χ3n) is 5.04. The lowest BCUT2D eigenvalue weighted by molar-refractivity contribution is 0.0717. The van der Waals surface area contributed by atoms with Crippen LogP contribution < -0.4 is 5.32 Å². The highest BCUT2D eigenvalue weighted by Gasteiger charge is 2.34. The number of aryl methyl sites for hydroxylation is 1. The Hall–Kier alpha value is -2.33. The number of urea groups is 1. The van der Waals surface area contributed by atoms with Crippen LogP contribution in [-0.2, 0) is 6.42 Å². The predicted octanol–water partition coefficient (Wildman–Crippen LogP) is 3.92. The van der Waals surface area contributed by atoms with E-state index < -0.39 is 5.60 Å². The van der Waals surface area contributed by atoms with E-state index in [4.69, 9.17) is 0 Å². The molecule has 2 amide bonds. The Morgan fingerprint density at radius 2 is 1.81 bits per heavy atom. The Balaban J connectivity index is 1.61. The highest BCUT2D eigenvalue weighted by molar-refractivity contribution is 5.75. The third kappa shape index (κ3) is 5.09. The molecule has 0 saturated carbocycles. The minimum atomic E-state index is -0.771. The van der Waals surface area contributed by atoms with Crippen LogP contribution in [0.2, 0.25) is 0 Å². The Bertz CT molecular complexity index is 701. The summed E-state index contributed by atoms with van der Waals surface area (Å²) in [5.41, 5.74) is 1.67. The van der Waals surface area contributed by atoms with E-state index in [0.717, 1.165) is 24.8 Å². The fourth-order valence-electron chi connectivity index (χ4n) is 3.52. The molecule has 0 radical (unpaired) electrons. The molecule has 2 N–H and O–H groups in total. The van der Waals surface area contributed by atoms with Crippen molar-refractivity contribution in [3.63, 3.8) is 0 Å². The average molecular weight is 352 g/mol. The number of carbonyl (C=O) groups is 1. The Kier molecular flexibility index (Phi) is 5.94. The topological polar surface area (TPSA) is 52.6 Å². The molecule has 1 heterocycles. The SMILES string of the molecule is CC1(O)CCN(C(=O)NC(CCCc2ccccc2)c2ccccc2)C1. The number of benzene rings is 2. The minimum absolute atomic E-state index is 0.0158. The van der Waals surface area contributed by atoms with E-state index in [-0.39, 0.29) is 12.1 Å². The highest BCUT2D eigenvalue weighted by Crippen LogP contribution is 2.23. The van der Waals surface area contributed by atoms with E-state index in [1.165, 1.54) is 5.56 Å². The number of β-amino-alcohol motifs (C(OH)–C–C–N with tert-alkyl or cyclic N) is 1. The van der Waals surface area contributed by atoms with Crippen molar-refractivity contribution in [3.05, 3.63) is 71.8 Å². The molecule has 2 unspecified atom stereocenters. The lowest BCUT2D eigenvalue weighted by atomic mass is 9.99. The molecule has 1 aliphatic heterocycles. The van der Waals surface area contributed by atoms with Gasteiger partial charge in [-0.05, 0) is 43.7 Å². The standard InChI is InChI=1S/C22H28N2O2/c1-22(26)15-16-24(17-22)21(25)23-20(19-12-6-3-7-13-19)14-8-11-18-9-4-2-5-10-18/h2-7,9-10,12-13,20,26H,8,11,14-17H2,1H3,(H,23,25). The third-order valence-corrected chi connectivity index (χ3v) is 5.04. The molecule has 0 spiro atoms. The summed E-state index contributed by atoms with van der Waals surface area (Å²) in [7, 11) is 0. The molecule has 138 valence electrons. The Morgan fingerprint density at radius 1 is 1.15 bits per heavy atom. The van der Waals surface area contributed by atoms with Crippen LogP contribution in [-0.4, -0.2) is 34.7 Å². The van der Waals surface area contributed by atoms with E-state index in [1.54, 1.807) is 11.8 Å². The van der Waals surface area contributed by atoms with Crippen LogP contribution >= 0.6 is 0 Å². The smallest absolute Gasteiger partial charge is 0.317 e. The van der Waals surface area contributed by atoms with E-state index in [1.807, 2.05) is 24.3 Å². The number of nitrogens with one attached hydrogen (secondary N) is 1. The van der Waals surface area contributed by atoms with Crippen LogP contribution in [0.15, 0.2) is 60.7 Å². The minimum Gasteiger partial charge on any atom is -0.388 e. The summed E-state index contributed by atoms with van der Waals surface area (Å²) < 4.78 is 0. The molecule has 2 atom stereocenters. The quantitative estimate of drug-likeness (QED) is 0.828. The van der Waals surface area contributed by atoms with Crippen molar-refractivity contribution in [1.29, 1.82) is 0 Å². The van der Waals surface area contributed by atoms with Crippen LogP contribution in [0.3, 0.4) is 0 Å². The van der Waals surface area contributed by atoms with Crippen LogP contribution in [0, 0.1) is 0 Å². The number of amides is 2. The molecule has 0 aliphatic carbocycles. The van der Waals surface area contributed by atoms with Gasteiger partial charge in [0.2, 0.25) is 0 Å². The summed E-state index contributed by atoms with van der Waals surface area (Å²) >= 11 is 0. The largest absolute Gasteiger partial charge is 0.388 e. The zero-order valence-electron chi connectivity index (χ0n) is 15.4. The van der Waals surface area contributed by atoms with Gasteiger partial charge in [0, 0.05) is 6.54 Å². The number of hydrogen-bond acceptors (Lipinski definition) is 2. The second-order valence-corrected chi connectivity index (χ2v) is 7.46. The molecule has 0 bridgehead atoms. The van der Waals surface area contributed by atoms with E-state index in [0.29, 0.717) is 19.5 Å². The molecule has 1 fully saturated rings. The van der Waals surface area contributed by atoms with Gasteiger partial charge in [0.05, 0.1) is 18.2 Å². The fourth-order valence-corrected chi connectivity index (χ4v) is 3.52. The zero-order valence-corrected chi connectivity index (χ0v) is 15.4. The summed E-state index contributed by atoms with van der Waals surface area (Å²) in [5.74, 6) is 0. The lowest BCUT2D eigenvalue weighted by Crippen LogP contribution is -2.42. The monoisotopic (exact) mass is 352 g/mol. The van der Waals surface area contributed by atoms with Crippen LogP contribution in [0.4, 0.5) is 4.79 Å². The summed E-state index contributed by atoms with van der Waals surface area (Å²) in [6.07, 6.45) is 3.51. The lowest BCUT2D eigenvalue weighted by Gasteiger charge is -2.24. The number of hydrogen-bond donors (Lipinski definition) is 2. The Labute approximate surface area is 155 Å². The number of aliphatic hydroxyl groups is 1. The molecule has 1 aliphatic rings. The van der Waals surface area contributed by atoms with Gasteiger partial charge in [0.1, 0.15) is 0 Å². The first kappa shape index (κ1) is 18.5. The maximum Gasteiger partial charge on any atom is 0.317 e. The zero-order chi connectivity index (χ0) is 18.4. The molecular formula is C22H28N2O2. The first-order chi connectivity index (χ1) is 12.5. The van der Waals surface area contributed by atoms with Gasteiger partial charge in [-0.15, -0.1) is 0 Å². The number of rotatable bonds is 6. The van der Waals surface area contributed by atoms with Gasteiger partial charge in [-0.1, -0.05) is 60.7 Å². The van der Waals surface area contributed by atoms with Gasteiger partial charge in [0.15, 0.2) is 0 Å². The second kappa shape index (κ2) is 8.37. The van der Waals surface area contributed by atoms with Gasteiger partial charge >= 0.3 is 6.03 Å². The molecule has 2 aromatic carbocycles. The van der Waals surface area contributed by atoms with Gasteiger partial charge in [-0.25, -0.2) is 4.79 Å². The maximum atomic E-state index is 12.7. The first-order valence-electron chi connectivity index (χ1n) is 9.40.